The van der Waals surface area contributed by atoms with Crippen LogP contribution in [0, 0.1) is 0 Å². The Morgan fingerprint density at radius 1 is 1.09 bits per heavy atom. The van der Waals surface area contributed by atoms with Gasteiger partial charge in [-0.05, 0) is 59.8 Å². The molecule has 0 aliphatic carbocycles. The number of carbonyl (C=O) groups is 4. The number of hydrogen-bond acceptors (Lipinski definition) is 8. The lowest BCUT2D eigenvalue weighted by molar-refractivity contribution is -0.127. The second kappa shape index (κ2) is 9.24. The van der Waals surface area contributed by atoms with Crippen LogP contribution in [0.5, 0.6) is 5.75 Å². The molecular formula is C20H17N3O7S2. The zero-order chi connectivity index (χ0) is 23.5. The van der Waals surface area contributed by atoms with E-state index in [1.54, 1.807) is 0 Å². The van der Waals surface area contributed by atoms with Crippen molar-refractivity contribution in [1.82, 2.24) is 4.90 Å². The van der Waals surface area contributed by atoms with Gasteiger partial charge in [0.25, 0.3) is 11.1 Å². The highest BCUT2D eigenvalue weighted by Gasteiger charge is 2.35. The third kappa shape index (κ3) is 5.53. The van der Waals surface area contributed by atoms with Crippen LogP contribution in [0.2, 0.25) is 0 Å². The molecule has 166 valence electrons. The number of anilines is 1. The Morgan fingerprint density at radius 2 is 1.72 bits per heavy atom. The van der Waals surface area contributed by atoms with E-state index < -0.39 is 33.7 Å². The molecule has 2 aromatic rings. The van der Waals surface area contributed by atoms with Crippen molar-refractivity contribution in [1.29, 1.82) is 0 Å². The van der Waals surface area contributed by atoms with E-state index in [0.717, 1.165) is 4.90 Å². The Morgan fingerprint density at radius 3 is 2.28 bits per heavy atom. The number of nitrogens with one attached hydrogen (secondary N) is 1. The molecular weight excluding hydrogens is 458 g/mol. The highest BCUT2D eigenvalue weighted by atomic mass is 32.2. The fraction of sp³-hybridized carbons (Fsp3) is 0.100. The Balaban J connectivity index is 1.71. The summed E-state index contributed by atoms with van der Waals surface area (Å²) in [5.74, 6) is -1.69. The first-order valence-corrected chi connectivity index (χ1v) is 11.2. The number of amides is 4. The normalized spacial score (nSPS) is 15.2. The molecule has 1 heterocycles. The SMILES string of the molecule is CC(=O)Nc1ccc(S(=O)(=O)Oc2ccc(/C=C3\SC(=O)N(CC(N)=O)C3=O)cc2)cc1. The van der Waals surface area contributed by atoms with Crippen molar-refractivity contribution in [2.75, 3.05) is 11.9 Å². The van der Waals surface area contributed by atoms with Gasteiger partial charge in [0.15, 0.2) is 0 Å². The predicted octanol–water partition coefficient (Wildman–Crippen LogP) is 1.93. The summed E-state index contributed by atoms with van der Waals surface area (Å²) in [5.41, 5.74) is 6.00. The first-order chi connectivity index (χ1) is 15.0. The summed E-state index contributed by atoms with van der Waals surface area (Å²) in [7, 11) is -4.11. The van der Waals surface area contributed by atoms with Crippen molar-refractivity contribution in [3.63, 3.8) is 0 Å². The van der Waals surface area contributed by atoms with Crippen molar-refractivity contribution in [2.24, 2.45) is 5.73 Å². The minimum Gasteiger partial charge on any atom is -0.379 e. The van der Waals surface area contributed by atoms with E-state index in [1.807, 2.05) is 0 Å². The molecule has 1 saturated heterocycles. The summed E-state index contributed by atoms with van der Waals surface area (Å²) >= 11 is 0.672. The van der Waals surface area contributed by atoms with E-state index in [-0.39, 0.29) is 21.5 Å². The molecule has 4 amide bonds. The molecule has 0 atom stereocenters. The lowest BCUT2D eigenvalue weighted by Crippen LogP contribution is -2.36. The van der Waals surface area contributed by atoms with Crippen LogP contribution >= 0.6 is 11.8 Å². The number of benzene rings is 2. The van der Waals surface area contributed by atoms with Crippen LogP contribution in [0.15, 0.2) is 58.3 Å². The van der Waals surface area contributed by atoms with Gasteiger partial charge in [-0.3, -0.25) is 24.1 Å². The fourth-order valence-electron chi connectivity index (χ4n) is 2.65. The minimum absolute atomic E-state index is 0.0370. The van der Waals surface area contributed by atoms with Gasteiger partial charge in [0, 0.05) is 12.6 Å². The van der Waals surface area contributed by atoms with Crippen LogP contribution in [-0.2, 0) is 24.5 Å². The first-order valence-electron chi connectivity index (χ1n) is 9.01. The number of primary amides is 1. The molecule has 0 spiro atoms. The second-order valence-corrected chi connectivity index (χ2v) is 9.09. The van der Waals surface area contributed by atoms with Crippen LogP contribution < -0.4 is 15.2 Å². The molecule has 2 aromatic carbocycles. The van der Waals surface area contributed by atoms with Crippen LogP contribution in [0.3, 0.4) is 0 Å². The molecule has 12 heteroatoms. The molecule has 1 aliphatic heterocycles. The lowest BCUT2D eigenvalue weighted by Gasteiger charge is -2.09. The van der Waals surface area contributed by atoms with E-state index in [2.05, 4.69) is 5.32 Å². The van der Waals surface area contributed by atoms with E-state index in [4.69, 9.17) is 9.92 Å². The van der Waals surface area contributed by atoms with Crippen molar-refractivity contribution < 1.29 is 31.8 Å². The highest BCUT2D eigenvalue weighted by Crippen LogP contribution is 2.32. The first kappa shape index (κ1) is 23.0. The molecule has 0 unspecified atom stereocenters. The minimum atomic E-state index is -4.11. The maximum atomic E-state index is 12.5. The molecule has 1 aliphatic rings. The third-order valence-electron chi connectivity index (χ3n) is 4.03. The van der Waals surface area contributed by atoms with E-state index in [1.165, 1.54) is 61.5 Å². The van der Waals surface area contributed by atoms with E-state index in [0.29, 0.717) is 23.0 Å². The van der Waals surface area contributed by atoms with Gasteiger partial charge in [-0.15, -0.1) is 0 Å². The predicted molar refractivity (Wildman–Crippen MR) is 117 cm³/mol. The van der Waals surface area contributed by atoms with Crippen molar-refractivity contribution in [2.45, 2.75) is 11.8 Å². The maximum absolute atomic E-state index is 12.5. The average Bonchev–Trinajstić information content (AvgIpc) is 2.96. The van der Waals surface area contributed by atoms with Crippen LogP contribution in [-0.4, -0.2) is 42.8 Å². The van der Waals surface area contributed by atoms with Gasteiger partial charge in [0.2, 0.25) is 11.8 Å². The summed E-state index contributed by atoms with van der Waals surface area (Å²) in [6.45, 7) is 0.835. The molecule has 3 N–H and O–H groups in total. The molecule has 10 nitrogen and oxygen atoms in total. The van der Waals surface area contributed by atoms with Crippen LogP contribution in [0.4, 0.5) is 10.5 Å². The average molecular weight is 476 g/mol. The van der Waals surface area contributed by atoms with Crippen LogP contribution in [0.1, 0.15) is 12.5 Å². The molecule has 3 rings (SSSR count). The Labute approximate surface area is 187 Å². The Bertz CT molecular complexity index is 1220. The number of carbonyl (C=O) groups excluding carboxylic acids is 4. The summed E-state index contributed by atoms with van der Waals surface area (Å²) in [4.78, 5) is 46.9. The number of imide groups is 1. The zero-order valence-electron chi connectivity index (χ0n) is 16.6. The standard InChI is InChI=1S/C20H17N3O7S2/c1-12(24)22-14-4-8-16(9-5-14)32(28,29)30-15-6-2-13(3-7-15)10-17-19(26)23(11-18(21)25)20(27)31-17/h2-10H,11H2,1H3,(H2,21,25)(H,22,24)/b17-10-. The zero-order valence-corrected chi connectivity index (χ0v) is 18.2. The fourth-order valence-corrected chi connectivity index (χ4v) is 4.41. The summed E-state index contributed by atoms with van der Waals surface area (Å²) in [6.07, 6.45) is 1.44. The molecule has 0 radical (unpaired) electrons. The number of nitrogens with zero attached hydrogens (tertiary/aromatic N) is 1. The second-order valence-electron chi connectivity index (χ2n) is 6.55. The topological polar surface area (TPSA) is 153 Å². The third-order valence-corrected chi connectivity index (χ3v) is 6.20. The van der Waals surface area contributed by atoms with Gasteiger partial charge < -0.3 is 15.2 Å². The number of nitrogens with two attached hydrogens (primary N) is 1. The van der Waals surface area contributed by atoms with Crippen LogP contribution in [0.25, 0.3) is 6.08 Å². The van der Waals surface area contributed by atoms with Crippen molar-refractivity contribution >= 4 is 56.6 Å². The largest absolute Gasteiger partial charge is 0.379 e. The van der Waals surface area contributed by atoms with E-state index in [9.17, 15) is 27.6 Å². The van der Waals surface area contributed by atoms with Crippen molar-refractivity contribution in [3.05, 3.63) is 59.0 Å². The van der Waals surface area contributed by atoms with Crippen molar-refractivity contribution in [3.8, 4) is 5.75 Å². The lowest BCUT2D eigenvalue weighted by atomic mass is 10.2. The highest BCUT2D eigenvalue weighted by molar-refractivity contribution is 8.18. The summed E-state index contributed by atoms with van der Waals surface area (Å²) in [6, 6.07) is 11.3. The molecule has 0 saturated carbocycles. The Hall–Kier alpha value is -3.64. The molecule has 32 heavy (non-hydrogen) atoms. The summed E-state index contributed by atoms with van der Waals surface area (Å²) < 4.78 is 30.0. The Kier molecular flexibility index (Phi) is 6.65. The quantitative estimate of drug-likeness (QED) is 0.455. The van der Waals surface area contributed by atoms with Gasteiger partial charge in [0.1, 0.15) is 17.2 Å². The maximum Gasteiger partial charge on any atom is 0.339 e. The number of rotatable bonds is 7. The molecule has 1 fully saturated rings. The molecule has 0 bridgehead atoms. The van der Waals surface area contributed by atoms with Gasteiger partial charge >= 0.3 is 10.1 Å². The van der Waals surface area contributed by atoms with E-state index >= 15 is 0 Å². The number of thioether (sulfide) groups is 1. The smallest absolute Gasteiger partial charge is 0.339 e. The van der Waals surface area contributed by atoms with Gasteiger partial charge in [-0.2, -0.15) is 8.42 Å². The van der Waals surface area contributed by atoms with Gasteiger partial charge in [0.05, 0.1) is 4.91 Å². The number of hydrogen-bond donors (Lipinski definition) is 2. The monoisotopic (exact) mass is 475 g/mol. The summed E-state index contributed by atoms with van der Waals surface area (Å²) in [5, 5.41) is 1.93. The van der Waals surface area contributed by atoms with Gasteiger partial charge in [-0.25, -0.2) is 0 Å². The molecule has 0 aromatic heterocycles. The van der Waals surface area contributed by atoms with Gasteiger partial charge in [-0.1, -0.05) is 12.1 Å².